The summed E-state index contributed by atoms with van der Waals surface area (Å²) in [5.41, 5.74) is -2.27. The van der Waals surface area contributed by atoms with E-state index in [0.717, 1.165) is 12.1 Å². The molecule has 0 aliphatic carbocycles. The fourth-order valence-corrected chi connectivity index (χ4v) is 2.48. The molecule has 4 heteroatoms. The maximum Gasteiger partial charge on any atom is 0.416 e. The number of hydrogen-bond donors (Lipinski definition) is 1. The highest BCUT2D eigenvalue weighted by Crippen LogP contribution is 2.29. The standard InChI is InChI=1S/C22H22F3N/c1-16(20-13-5-10-18-9-2-3-12-21(18)20)26-14-6-8-17-7-4-11-19(15-17)22(23,24)25/h2-5,7,9-13,15-16,26H,6,8,14H2,1H3/i1D3,6D2,8D2,14D2,16D. The third-order valence-corrected chi connectivity index (χ3v) is 3.71. The molecule has 1 N–H and O–H groups in total. The summed E-state index contributed by atoms with van der Waals surface area (Å²) in [6.45, 7) is -6.83. The number of hydrogen-bond acceptors (Lipinski definition) is 1. The number of rotatable bonds is 6. The van der Waals surface area contributed by atoms with E-state index in [1.54, 1.807) is 24.3 Å². The number of alkyl halides is 3. The van der Waals surface area contributed by atoms with Gasteiger partial charge in [-0.2, -0.15) is 13.2 Å². The van der Waals surface area contributed by atoms with Gasteiger partial charge in [0, 0.05) is 18.4 Å². The molecule has 1 nitrogen and oxygen atoms in total. The summed E-state index contributed by atoms with van der Waals surface area (Å²) >= 11 is 0. The Bertz CT molecular complexity index is 1250. The van der Waals surface area contributed by atoms with Gasteiger partial charge in [-0.05, 0) is 54.1 Å². The van der Waals surface area contributed by atoms with Gasteiger partial charge in [-0.1, -0.05) is 60.7 Å². The Morgan fingerprint density at radius 1 is 1.08 bits per heavy atom. The Hall–Kier alpha value is -2.33. The van der Waals surface area contributed by atoms with Crippen LogP contribution in [0.5, 0.6) is 0 Å². The summed E-state index contributed by atoms with van der Waals surface area (Å²) in [5, 5.41) is 2.68. The van der Waals surface area contributed by atoms with Gasteiger partial charge >= 0.3 is 6.18 Å². The van der Waals surface area contributed by atoms with Gasteiger partial charge in [0.05, 0.1) is 6.93 Å². The predicted octanol–water partition coefficient (Wildman–Crippen LogP) is 6.14. The van der Waals surface area contributed by atoms with Crippen LogP contribution in [0, 0.1) is 0 Å². The van der Waals surface area contributed by atoms with Gasteiger partial charge in [0.25, 0.3) is 0 Å². The van der Waals surface area contributed by atoms with Crippen molar-refractivity contribution in [3.8, 4) is 0 Å². The van der Waals surface area contributed by atoms with Crippen molar-refractivity contribution in [3.05, 3.63) is 83.4 Å². The Morgan fingerprint density at radius 2 is 1.85 bits per heavy atom. The molecule has 0 heterocycles. The SMILES string of the molecule is [2H]C([2H])([2H])C([2H])(NC([2H])([2H])C([2H])([2H])C([2H])([2H])c1cccc(C(F)(F)F)c1)c1cccc2ccccc12. The Labute approximate surface area is 165 Å². The number of nitrogens with one attached hydrogen (secondary N) is 1. The molecule has 0 bridgehead atoms. The number of benzene rings is 3. The topological polar surface area (TPSA) is 12.0 Å². The average molecular weight is 367 g/mol. The molecule has 0 saturated heterocycles. The number of aryl methyl sites for hydroxylation is 1. The zero-order valence-corrected chi connectivity index (χ0v) is 13.5. The molecule has 0 radical (unpaired) electrons. The monoisotopic (exact) mass is 367 g/mol. The van der Waals surface area contributed by atoms with Crippen molar-refractivity contribution < 1.29 is 26.9 Å². The van der Waals surface area contributed by atoms with Crippen molar-refractivity contribution in [2.24, 2.45) is 0 Å². The molecule has 0 aromatic heterocycles. The smallest absolute Gasteiger partial charge is 0.310 e. The van der Waals surface area contributed by atoms with Crippen LogP contribution in [0.2, 0.25) is 0 Å². The molecule has 3 rings (SSSR count). The van der Waals surface area contributed by atoms with Gasteiger partial charge in [-0.25, -0.2) is 0 Å². The minimum absolute atomic E-state index is 0.208. The molecule has 26 heavy (non-hydrogen) atoms. The van der Waals surface area contributed by atoms with Gasteiger partial charge in [0.2, 0.25) is 0 Å². The lowest BCUT2D eigenvalue weighted by Crippen LogP contribution is -2.20. The fourth-order valence-electron chi connectivity index (χ4n) is 2.48. The predicted molar refractivity (Wildman–Crippen MR) is 100 cm³/mol. The third kappa shape index (κ3) is 4.44. The van der Waals surface area contributed by atoms with Gasteiger partial charge in [0.15, 0.2) is 0 Å². The van der Waals surface area contributed by atoms with Crippen LogP contribution < -0.4 is 5.32 Å². The minimum atomic E-state index is -4.86. The Balaban J connectivity index is 2.14. The van der Waals surface area contributed by atoms with Crippen molar-refractivity contribution in [2.45, 2.75) is 31.8 Å². The first-order valence-corrected chi connectivity index (χ1v) is 7.71. The van der Waals surface area contributed by atoms with Crippen LogP contribution in [-0.4, -0.2) is 6.50 Å². The van der Waals surface area contributed by atoms with E-state index in [-0.39, 0.29) is 10.9 Å². The first-order valence-electron chi connectivity index (χ1n) is 12.7. The maximum atomic E-state index is 13.2. The molecule has 0 saturated carbocycles. The molecular weight excluding hydrogens is 335 g/mol. The lowest BCUT2D eigenvalue weighted by molar-refractivity contribution is -0.137. The molecule has 3 aromatic rings. The molecule has 136 valence electrons. The lowest BCUT2D eigenvalue weighted by Gasteiger charge is -2.17. The number of fused-ring (bicyclic) bond motifs is 1. The van der Waals surface area contributed by atoms with Crippen molar-refractivity contribution in [3.63, 3.8) is 0 Å². The largest absolute Gasteiger partial charge is 0.416 e. The van der Waals surface area contributed by atoms with E-state index in [1.165, 1.54) is 18.2 Å². The quantitative estimate of drug-likeness (QED) is 0.552. The molecule has 0 aliphatic rings. The highest BCUT2D eigenvalue weighted by molar-refractivity contribution is 5.86. The van der Waals surface area contributed by atoms with Crippen LogP contribution in [0.4, 0.5) is 13.2 Å². The summed E-state index contributed by atoms with van der Waals surface area (Å²) in [7, 11) is 0. The van der Waals surface area contributed by atoms with E-state index in [2.05, 4.69) is 0 Å². The van der Waals surface area contributed by atoms with Crippen LogP contribution in [-0.2, 0) is 12.5 Å². The molecule has 1 unspecified atom stereocenters. The summed E-state index contributed by atoms with van der Waals surface area (Å²) in [6.07, 6.45) is -11.9. The van der Waals surface area contributed by atoms with E-state index in [4.69, 9.17) is 13.7 Å². The highest BCUT2D eigenvalue weighted by atomic mass is 19.4. The summed E-state index contributed by atoms with van der Waals surface area (Å²) in [4.78, 5) is 0. The maximum absolute atomic E-state index is 13.2. The summed E-state index contributed by atoms with van der Waals surface area (Å²) < 4.78 is 122. The first-order chi connectivity index (χ1) is 16.3. The normalized spacial score (nSPS) is 22.1. The van der Waals surface area contributed by atoms with E-state index in [0.29, 0.717) is 17.5 Å². The van der Waals surface area contributed by atoms with Crippen LogP contribution >= 0.6 is 0 Å². The summed E-state index contributed by atoms with van der Waals surface area (Å²) in [6, 6.07) is 10.5. The van der Waals surface area contributed by atoms with Gasteiger partial charge in [-0.3, -0.25) is 0 Å². The van der Waals surface area contributed by atoms with Crippen LogP contribution in [0.15, 0.2) is 66.7 Å². The zero-order chi connectivity index (χ0) is 27.4. The van der Waals surface area contributed by atoms with Crippen molar-refractivity contribution in [2.75, 3.05) is 6.50 Å². The third-order valence-electron chi connectivity index (χ3n) is 3.71. The molecular formula is C22H22F3N. The van der Waals surface area contributed by atoms with Crippen molar-refractivity contribution in [1.82, 2.24) is 5.32 Å². The molecule has 0 fully saturated rings. The number of halogens is 3. The summed E-state index contributed by atoms with van der Waals surface area (Å²) in [5.74, 6) is 0. The van der Waals surface area contributed by atoms with Gasteiger partial charge < -0.3 is 5.32 Å². The van der Waals surface area contributed by atoms with Crippen LogP contribution in [0.3, 0.4) is 0 Å². The molecule has 0 spiro atoms. The second-order valence-electron chi connectivity index (χ2n) is 5.48. The highest BCUT2D eigenvalue weighted by Gasteiger charge is 2.30. The molecule has 0 amide bonds. The molecule has 0 aliphatic heterocycles. The second kappa shape index (κ2) is 7.92. The van der Waals surface area contributed by atoms with Crippen molar-refractivity contribution in [1.29, 1.82) is 0 Å². The molecule has 1 atom stereocenters. The Kier molecular flexibility index (Phi) is 2.91. The van der Waals surface area contributed by atoms with Crippen molar-refractivity contribution >= 4 is 10.8 Å². The van der Waals surface area contributed by atoms with E-state index in [1.807, 2.05) is 5.32 Å². The Morgan fingerprint density at radius 3 is 2.65 bits per heavy atom. The second-order valence-corrected chi connectivity index (χ2v) is 5.48. The van der Waals surface area contributed by atoms with Gasteiger partial charge in [-0.15, -0.1) is 0 Å². The van der Waals surface area contributed by atoms with Crippen LogP contribution in [0.1, 0.15) is 49.6 Å². The average Bonchev–Trinajstić information content (AvgIpc) is 2.76. The zero-order valence-electron chi connectivity index (χ0n) is 23.5. The fraction of sp³-hybridized carbons (Fsp3) is 0.273. The molecule has 3 aromatic carbocycles. The van der Waals surface area contributed by atoms with Gasteiger partial charge in [0.1, 0.15) is 0 Å². The van der Waals surface area contributed by atoms with E-state index < -0.39 is 49.4 Å². The van der Waals surface area contributed by atoms with E-state index >= 15 is 0 Å². The lowest BCUT2D eigenvalue weighted by atomic mass is 9.99. The van der Waals surface area contributed by atoms with Crippen LogP contribution in [0.25, 0.3) is 10.8 Å². The van der Waals surface area contributed by atoms with E-state index in [9.17, 15) is 13.2 Å². The first kappa shape index (κ1) is 9.56. The minimum Gasteiger partial charge on any atom is -0.310 e.